The van der Waals surface area contributed by atoms with Gasteiger partial charge < -0.3 is 14.8 Å². The van der Waals surface area contributed by atoms with Crippen LogP contribution < -0.4 is 10.2 Å². The molecule has 0 saturated carbocycles. The molecule has 20 heavy (non-hydrogen) atoms. The van der Waals surface area contributed by atoms with Crippen LogP contribution in [0.2, 0.25) is 0 Å². The number of para-hydroxylation sites is 1. The van der Waals surface area contributed by atoms with Crippen LogP contribution in [0, 0.1) is 0 Å². The zero-order valence-corrected chi connectivity index (χ0v) is 11.4. The summed E-state index contributed by atoms with van der Waals surface area (Å²) in [4.78, 5) is 0. The first kappa shape index (κ1) is 14.6. The van der Waals surface area contributed by atoms with Crippen LogP contribution >= 0.6 is 0 Å². The Balaban J connectivity index is 1.74. The molecule has 0 aliphatic rings. The fraction of sp³-hybridized carbons (Fsp3) is 0.250. The van der Waals surface area contributed by atoms with Crippen LogP contribution in [0.5, 0.6) is 5.75 Å². The second kappa shape index (κ2) is 7.73. The van der Waals surface area contributed by atoms with Gasteiger partial charge in [0.05, 0.1) is 6.61 Å². The number of unbranched alkanes of at least 4 members (excludes halogenated alkanes) is 1. The molecule has 3 nitrogen and oxygen atoms in total. The summed E-state index contributed by atoms with van der Waals surface area (Å²) < 4.78 is 5.62. The molecule has 2 rings (SSSR count). The second-order valence-electron chi connectivity index (χ2n) is 4.70. The zero-order chi connectivity index (χ0) is 14.2. The van der Waals surface area contributed by atoms with Crippen molar-refractivity contribution in [1.82, 2.24) is 0 Å². The van der Waals surface area contributed by atoms with Gasteiger partial charge in [0.25, 0.3) is 0 Å². The lowest BCUT2D eigenvalue weighted by atomic mass is 9.79. The maximum atomic E-state index is 9.23. The predicted octanol–water partition coefficient (Wildman–Crippen LogP) is 1.77. The third kappa shape index (κ3) is 4.40. The van der Waals surface area contributed by atoms with Gasteiger partial charge in [-0.2, -0.15) is 0 Å². The van der Waals surface area contributed by atoms with Crippen LogP contribution in [-0.4, -0.2) is 23.8 Å². The van der Waals surface area contributed by atoms with Crippen molar-refractivity contribution < 1.29 is 14.8 Å². The van der Waals surface area contributed by atoms with Crippen LogP contribution in [-0.2, 0) is 6.42 Å². The Bertz CT molecular complexity index is 514. The molecule has 2 aromatic carbocycles. The van der Waals surface area contributed by atoms with Gasteiger partial charge in [-0.15, -0.1) is 0 Å². The molecule has 0 aliphatic heterocycles. The molecule has 2 N–H and O–H groups in total. The van der Waals surface area contributed by atoms with E-state index in [9.17, 15) is 10.0 Å². The van der Waals surface area contributed by atoms with Gasteiger partial charge in [-0.05, 0) is 30.9 Å². The van der Waals surface area contributed by atoms with Crippen molar-refractivity contribution in [1.29, 1.82) is 0 Å². The molecular weight excluding hydrogens is 251 g/mol. The van der Waals surface area contributed by atoms with Gasteiger partial charge in [0.15, 0.2) is 0 Å². The predicted molar refractivity (Wildman–Crippen MR) is 81.1 cm³/mol. The Morgan fingerprint density at radius 1 is 0.850 bits per heavy atom. The molecule has 0 spiro atoms. The first-order valence-corrected chi connectivity index (χ1v) is 6.89. The van der Waals surface area contributed by atoms with Crippen molar-refractivity contribution in [2.45, 2.75) is 19.3 Å². The lowest BCUT2D eigenvalue weighted by Gasteiger charge is -2.10. The quantitative estimate of drug-likeness (QED) is 0.595. The molecule has 4 heteroatoms. The SMILES string of the molecule is OB(O)c1ccccc1OCCCCc1ccccc1. The smallest absolute Gasteiger partial charge is 0.492 e. The van der Waals surface area contributed by atoms with Gasteiger partial charge in [0.1, 0.15) is 5.75 Å². The summed E-state index contributed by atoms with van der Waals surface area (Å²) >= 11 is 0. The van der Waals surface area contributed by atoms with Crippen molar-refractivity contribution >= 4 is 12.6 Å². The highest BCUT2D eigenvalue weighted by molar-refractivity contribution is 6.59. The average molecular weight is 270 g/mol. The van der Waals surface area contributed by atoms with Crippen molar-refractivity contribution in [3.8, 4) is 5.75 Å². The number of rotatable bonds is 7. The van der Waals surface area contributed by atoms with Crippen molar-refractivity contribution in [2.75, 3.05) is 6.61 Å². The van der Waals surface area contributed by atoms with Crippen molar-refractivity contribution in [3.05, 3.63) is 60.2 Å². The number of aryl methyl sites for hydroxylation is 1. The van der Waals surface area contributed by atoms with Crippen LogP contribution in [0.25, 0.3) is 0 Å². The molecule has 0 saturated heterocycles. The number of ether oxygens (including phenoxy) is 1. The van der Waals surface area contributed by atoms with E-state index in [0.717, 1.165) is 19.3 Å². The summed E-state index contributed by atoms with van der Waals surface area (Å²) in [6.07, 6.45) is 3.02. The molecule has 0 aliphatic carbocycles. The summed E-state index contributed by atoms with van der Waals surface area (Å²) in [5.74, 6) is 0.544. The summed E-state index contributed by atoms with van der Waals surface area (Å²) in [6.45, 7) is 0.580. The number of hydrogen-bond donors (Lipinski definition) is 2. The van der Waals surface area contributed by atoms with E-state index in [0.29, 0.717) is 17.8 Å². The Kier molecular flexibility index (Phi) is 5.65. The maximum Gasteiger partial charge on any atom is 0.492 e. The van der Waals surface area contributed by atoms with Crippen LogP contribution in [0.15, 0.2) is 54.6 Å². The van der Waals surface area contributed by atoms with E-state index >= 15 is 0 Å². The topological polar surface area (TPSA) is 49.7 Å². The minimum Gasteiger partial charge on any atom is -0.494 e. The van der Waals surface area contributed by atoms with E-state index in [4.69, 9.17) is 4.74 Å². The van der Waals surface area contributed by atoms with Gasteiger partial charge in [-0.3, -0.25) is 0 Å². The normalized spacial score (nSPS) is 10.3. The van der Waals surface area contributed by atoms with Gasteiger partial charge in [-0.1, -0.05) is 48.5 Å². The highest BCUT2D eigenvalue weighted by Crippen LogP contribution is 2.09. The molecule has 0 unspecified atom stereocenters. The molecule has 0 bridgehead atoms. The molecule has 0 radical (unpaired) electrons. The summed E-state index contributed by atoms with van der Waals surface area (Å²) in [7, 11) is -1.49. The second-order valence-corrected chi connectivity index (χ2v) is 4.70. The summed E-state index contributed by atoms with van der Waals surface area (Å²) in [5.41, 5.74) is 1.74. The third-order valence-electron chi connectivity index (χ3n) is 3.16. The van der Waals surface area contributed by atoms with E-state index in [1.165, 1.54) is 5.56 Å². The van der Waals surface area contributed by atoms with E-state index in [2.05, 4.69) is 12.1 Å². The fourth-order valence-electron chi connectivity index (χ4n) is 2.08. The van der Waals surface area contributed by atoms with E-state index < -0.39 is 7.12 Å². The van der Waals surface area contributed by atoms with Gasteiger partial charge in [0.2, 0.25) is 0 Å². The molecule has 2 aromatic rings. The summed E-state index contributed by atoms with van der Waals surface area (Å²) in [6, 6.07) is 17.4. The van der Waals surface area contributed by atoms with Gasteiger partial charge >= 0.3 is 7.12 Å². The first-order chi connectivity index (χ1) is 9.77. The van der Waals surface area contributed by atoms with Crippen LogP contribution in [0.1, 0.15) is 18.4 Å². The van der Waals surface area contributed by atoms with Crippen molar-refractivity contribution in [2.24, 2.45) is 0 Å². The van der Waals surface area contributed by atoms with E-state index in [1.54, 1.807) is 18.2 Å². The largest absolute Gasteiger partial charge is 0.494 e. The fourth-order valence-corrected chi connectivity index (χ4v) is 2.08. The van der Waals surface area contributed by atoms with E-state index in [1.807, 2.05) is 24.3 Å². The standard InChI is InChI=1S/C16H19BO3/c18-17(19)15-11-4-5-12-16(15)20-13-7-6-10-14-8-2-1-3-9-14/h1-5,8-9,11-12,18-19H,6-7,10,13H2. The molecule has 0 aromatic heterocycles. The first-order valence-electron chi connectivity index (χ1n) is 6.89. The van der Waals surface area contributed by atoms with Crippen molar-refractivity contribution in [3.63, 3.8) is 0 Å². The number of benzene rings is 2. The minimum atomic E-state index is -1.49. The van der Waals surface area contributed by atoms with Gasteiger partial charge in [-0.25, -0.2) is 0 Å². The Labute approximate surface area is 120 Å². The molecular formula is C16H19BO3. The highest BCUT2D eigenvalue weighted by Gasteiger charge is 2.15. The summed E-state index contributed by atoms with van der Waals surface area (Å²) in [5, 5.41) is 18.5. The molecule has 0 fully saturated rings. The van der Waals surface area contributed by atoms with Crippen LogP contribution in [0.3, 0.4) is 0 Å². The molecule has 0 heterocycles. The highest BCUT2D eigenvalue weighted by atomic mass is 16.5. The number of hydrogen-bond acceptors (Lipinski definition) is 3. The minimum absolute atomic E-state index is 0.413. The third-order valence-corrected chi connectivity index (χ3v) is 3.16. The Morgan fingerprint density at radius 3 is 2.30 bits per heavy atom. The monoisotopic (exact) mass is 270 g/mol. The van der Waals surface area contributed by atoms with Crippen LogP contribution in [0.4, 0.5) is 0 Å². The average Bonchev–Trinajstić information content (AvgIpc) is 2.48. The lowest BCUT2D eigenvalue weighted by molar-refractivity contribution is 0.307. The molecule has 0 atom stereocenters. The van der Waals surface area contributed by atoms with E-state index in [-0.39, 0.29) is 0 Å². The lowest BCUT2D eigenvalue weighted by Crippen LogP contribution is -2.31. The zero-order valence-electron chi connectivity index (χ0n) is 11.4. The van der Waals surface area contributed by atoms with Gasteiger partial charge in [0, 0.05) is 5.46 Å². The molecule has 0 amide bonds. The maximum absolute atomic E-state index is 9.23. The Hall–Kier alpha value is -1.78. The molecule has 104 valence electrons. The Morgan fingerprint density at radius 2 is 1.55 bits per heavy atom.